The molecule has 1 aromatic rings. The molecule has 2 amide bonds. The average Bonchev–Trinajstić information content (AvgIpc) is 2.69. The summed E-state index contributed by atoms with van der Waals surface area (Å²) in [6.07, 6.45) is 5.82. The van der Waals surface area contributed by atoms with Gasteiger partial charge in [-0.3, -0.25) is 9.78 Å². The lowest BCUT2D eigenvalue weighted by molar-refractivity contribution is -0.136. The zero-order valence-corrected chi connectivity index (χ0v) is 11.3. The van der Waals surface area contributed by atoms with E-state index in [2.05, 4.69) is 10.3 Å². The molecule has 0 spiro atoms. The summed E-state index contributed by atoms with van der Waals surface area (Å²) in [6.45, 7) is 1.58. The Morgan fingerprint density at radius 3 is 2.45 bits per heavy atom. The highest BCUT2D eigenvalue weighted by Crippen LogP contribution is 2.12. The van der Waals surface area contributed by atoms with Crippen LogP contribution in [0.5, 0.6) is 0 Å². The predicted molar refractivity (Wildman–Crippen MR) is 74.6 cm³/mol. The van der Waals surface area contributed by atoms with Crippen molar-refractivity contribution in [3.63, 3.8) is 0 Å². The molecule has 1 aromatic heterocycles. The van der Waals surface area contributed by atoms with Crippen molar-refractivity contribution >= 4 is 17.7 Å². The van der Waals surface area contributed by atoms with E-state index < -0.39 is 5.97 Å². The number of rotatable bonds is 3. The quantitative estimate of drug-likeness (QED) is 0.886. The summed E-state index contributed by atoms with van der Waals surface area (Å²) in [5.41, 5.74) is 1.07. The summed E-state index contributed by atoms with van der Waals surface area (Å²) in [7, 11) is 0. The minimum atomic E-state index is -0.918. The van der Waals surface area contributed by atoms with Gasteiger partial charge in [-0.15, -0.1) is 0 Å². The molecule has 6 nitrogen and oxygen atoms in total. The van der Waals surface area contributed by atoms with Crippen LogP contribution in [0.2, 0.25) is 0 Å². The molecular formula is C14H19N3O3. The van der Waals surface area contributed by atoms with Gasteiger partial charge >= 0.3 is 12.0 Å². The molecular weight excluding hydrogens is 258 g/mol. The first-order chi connectivity index (χ1) is 9.65. The number of likely N-dealkylation sites (tertiary alicyclic amines) is 1. The summed E-state index contributed by atoms with van der Waals surface area (Å²) in [4.78, 5) is 28.5. The number of carboxylic acids is 1. The molecule has 0 aromatic carbocycles. The van der Waals surface area contributed by atoms with E-state index in [1.54, 1.807) is 12.1 Å². The van der Waals surface area contributed by atoms with Crippen LogP contribution in [0.15, 0.2) is 18.3 Å². The van der Waals surface area contributed by atoms with Crippen LogP contribution >= 0.6 is 0 Å². The third-order valence-corrected chi connectivity index (χ3v) is 3.30. The number of hydrogen-bond donors (Lipinski definition) is 2. The van der Waals surface area contributed by atoms with Crippen molar-refractivity contribution in [3.05, 3.63) is 24.0 Å². The van der Waals surface area contributed by atoms with E-state index in [-0.39, 0.29) is 12.5 Å². The molecule has 108 valence electrons. The van der Waals surface area contributed by atoms with Gasteiger partial charge < -0.3 is 15.3 Å². The Hall–Kier alpha value is -2.11. The molecule has 1 aliphatic heterocycles. The van der Waals surface area contributed by atoms with Gasteiger partial charge in [-0.2, -0.15) is 0 Å². The first-order valence-corrected chi connectivity index (χ1v) is 6.88. The molecule has 1 aliphatic rings. The maximum absolute atomic E-state index is 12.1. The molecule has 6 heteroatoms. The number of anilines is 1. The van der Waals surface area contributed by atoms with Crippen LogP contribution in [0, 0.1) is 0 Å². The van der Waals surface area contributed by atoms with Crippen molar-refractivity contribution in [3.8, 4) is 0 Å². The number of pyridine rings is 1. The molecule has 0 radical (unpaired) electrons. The first-order valence-electron chi connectivity index (χ1n) is 6.88. The van der Waals surface area contributed by atoms with Gasteiger partial charge in [0.2, 0.25) is 0 Å². The fourth-order valence-electron chi connectivity index (χ4n) is 2.23. The van der Waals surface area contributed by atoms with E-state index in [1.165, 1.54) is 19.0 Å². The second kappa shape index (κ2) is 6.88. The Labute approximate surface area is 117 Å². The summed E-state index contributed by atoms with van der Waals surface area (Å²) >= 11 is 0. The van der Waals surface area contributed by atoms with E-state index in [4.69, 9.17) is 5.11 Å². The minimum Gasteiger partial charge on any atom is -0.481 e. The van der Waals surface area contributed by atoms with Crippen molar-refractivity contribution in [2.45, 2.75) is 32.1 Å². The molecule has 0 unspecified atom stereocenters. The van der Waals surface area contributed by atoms with Crippen LogP contribution in [-0.4, -0.2) is 40.1 Å². The smallest absolute Gasteiger partial charge is 0.321 e. The molecule has 2 rings (SSSR count). The highest BCUT2D eigenvalue weighted by atomic mass is 16.4. The lowest BCUT2D eigenvalue weighted by Gasteiger charge is -2.20. The Morgan fingerprint density at radius 2 is 1.90 bits per heavy atom. The first kappa shape index (κ1) is 14.3. The second-order valence-electron chi connectivity index (χ2n) is 4.94. The largest absolute Gasteiger partial charge is 0.481 e. The fraction of sp³-hybridized carbons (Fsp3) is 0.500. The monoisotopic (exact) mass is 277 g/mol. The van der Waals surface area contributed by atoms with E-state index in [1.807, 2.05) is 4.90 Å². The van der Waals surface area contributed by atoms with Gasteiger partial charge in [0.25, 0.3) is 0 Å². The Balaban J connectivity index is 1.91. The number of amides is 2. The number of urea groups is 1. The number of aliphatic carboxylic acids is 1. The zero-order valence-electron chi connectivity index (χ0n) is 11.3. The Morgan fingerprint density at radius 1 is 1.20 bits per heavy atom. The van der Waals surface area contributed by atoms with E-state index in [9.17, 15) is 9.59 Å². The highest BCUT2D eigenvalue weighted by Gasteiger charge is 2.15. The highest BCUT2D eigenvalue weighted by molar-refractivity contribution is 5.89. The van der Waals surface area contributed by atoms with E-state index in [0.29, 0.717) is 11.4 Å². The molecule has 2 N–H and O–H groups in total. The van der Waals surface area contributed by atoms with Crippen molar-refractivity contribution in [2.75, 3.05) is 18.4 Å². The number of nitrogens with one attached hydrogen (secondary N) is 1. The average molecular weight is 277 g/mol. The maximum Gasteiger partial charge on any atom is 0.321 e. The van der Waals surface area contributed by atoms with Gasteiger partial charge in [0, 0.05) is 13.1 Å². The Kier molecular flexibility index (Phi) is 4.92. The van der Waals surface area contributed by atoms with E-state index >= 15 is 0 Å². The third-order valence-electron chi connectivity index (χ3n) is 3.30. The van der Waals surface area contributed by atoms with Gasteiger partial charge in [-0.1, -0.05) is 12.8 Å². The summed E-state index contributed by atoms with van der Waals surface area (Å²) < 4.78 is 0. The van der Waals surface area contributed by atoms with Gasteiger partial charge in [0.15, 0.2) is 0 Å². The van der Waals surface area contributed by atoms with Gasteiger partial charge in [-0.25, -0.2) is 4.79 Å². The van der Waals surface area contributed by atoms with Crippen molar-refractivity contribution in [1.29, 1.82) is 0 Å². The normalized spacial score (nSPS) is 15.5. The maximum atomic E-state index is 12.1. The van der Waals surface area contributed by atoms with Crippen molar-refractivity contribution < 1.29 is 14.7 Å². The minimum absolute atomic E-state index is 0.111. The Bertz CT molecular complexity index is 465. The van der Waals surface area contributed by atoms with Crippen LogP contribution in [0.25, 0.3) is 0 Å². The number of nitrogens with zero attached hydrogens (tertiary/aromatic N) is 2. The molecule has 2 heterocycles. The number of hydrogen-bond acceptors (Lipinski definition) is 3. The number of carbonyl (C=O) groups excluding carboxylic acids is 1. The SMILES string of the molecule is O=C(O)Cc1ccc(NC(=O)N2CCCCCC2)cn1. The number of aromatic nitrogens is 1. The van der Waals surface area contributed by atoms with Crippen LogP contribution in [0.3, 0.4) is 0 Å². The standard InChI is InChI=1S/C14H19N3O3/c18-13(19)9-11-5-6-12(10-15-11)16-14(20)17-7-3-1-2-4-8-17/h5-6,10H,1-4,7-9H2,(H,16,20)(H,18,19). The summed E-state index contributed by atoms with van der Waals surface area (Å²) in [6, 6.07) is 3.19. The molecule has 0 atom stereocenters. The van der Waals surface area contributed by atoms with Crippen LogP contribution in [-0.2, 0) is 11.2 Å². The molecule has 1 saturated heterocycles. The second-order valence-corrected chi connectivity index (χ2v) is 4.94. The van der Waals surface area contributed by atoms with Crippen LogP contribution < -0.4 is 5.32 Å². The molecule has 1 fully saturated rings. The number of carbonyl (C=O) groups is 2. The summed E-state index contributed by atoms with van der Waals surface area (Å²) in [5.74, 6) is -0.918. The third kappa shape index (κ3) is 4.22. The van der Waals surface area contributed by atoms with Gasteiger partial charge in [0.05, 0.1) is 24.0 Å². The lowest BCUT2D eigenvalue weighted by atomic mass is 10.2. The van der Waals surface area contributed by atoms with Gasteiger partial charge in [-0.05, 0) is 25.0 Å². The van der Waals surface area contributed by atoms with Gasteiger partial charge in [0.1, 0.15) is 0 Å². The van der Waals surface area contributed by atoms with Crippen molar-refractivity contribution in [1.82, 2.24) is 9.88 Å². The number of carboxylic acid groups (broad SMARTS) is 1. The molecule has 20 heavy (non-hydrogen) atoms. The molecule has 0 aliphatic carbocycles. The molecule has 0 saturated carbocycles. The fourth-order valence-corrected chi connectivity index (χ4v) is 2.23. The lowest BCUT2D eigenvalue weighted by Crippen LogP contribution is -2.35. The summed E-state index contributed by atoms with van der Waals surface area (Å²) in [5, 5.41) is 11.5. The van der Waals surface area contributed by atoms with E-state index in [0.717, 1.165) is 25.9 Å². The van der Waals surface area contributed by atoms with Crippen LogP contribution in [0.1, 0.15) is 31.4 Å². The molecule has 0 bridgehead atoms. The topological polar surface area (TPSA) is 82.5 Å². The predicted octanol–water partition coefficient (Wildman–Crippen LogP) is 2.12. The van der Waals surface area contributed by atoms with Crippen LogP contribution in [0.4, 0.5) is 10.5 Å². The zero-order chi connectivity index (χ0) is 14.4. The van der Waals surface area contributed by atoms with Crippen molar-refractivity contribution in [2.24, 2.45) is 0 Å².